The van der Waals surface area contributed by atoms with E-state index >= 15 is 0 Å². The van der Waals surface area contributed by atoms with Gasteiger partial charge in [-0.05, 0) is 42.5 Å². The molecular formula is C32H20N2O4Tb. The second-order valence-electron chi connectivity index (χ2n) is 8.70. The van der Waals surface area contributed by atoms with E-state index in [1.54, 1.807) is 42.7 Å². The number of ketones is 1. The molecule has 0 bridgehead atoms. The van der Waals surface area contributed by atoms with Gasteiger partial charge in [0, 0.05) is 83.7 Å². The summed E-state index contributed by atoms with van der Waals surface area (Å²) in [6.45, 7) is 0. The van der Waals surface area contributed by atoms with Gasteiger partial charge >= 0.3 is 5.97 Å². The fourth-order valence-corrected chi connectivity index (χ4v) is 4.57. The van der Waals surface area contributed by atoms with Crippen LogP contribution in [-0.2, 0) is 0 Å². The summed E-state index contributed by atoms with van der Waals surface area (Å²) in [5.41, 5.74) is 4.01. The van der Waals surface area contributed by atoms with Gasteiger partial charge in [0.25, 0.3) is 0 Å². The van der Waals surface area contributed by atoms with Crippen molar-refractivity contribution in [1.29, 1.82) is 0 Å². The maximum Gasteiger partial charge on any atom is 0.336 e. The molecule has 0 amide bonds. The van der Waals surface area contributed by atoms with Gasteiger partial charge in [-0.15, -0.1) is 0 Å². The second kappa shape index (κ2) is 11.3. The molecule has 7 heteroatoms. The number of hydrogen-bond donors (Lipinski definition) is 1. The molecule has 0 aliphatic carbocycles. The van der Waals surface area contributed by atoms with Crippen LogP contribution in [0.25, 0.3) is 43.7 Å². The van der Waals surface area contributed by atoms with Crippen LogP contribution >= 0.6 is 0 Å². The van der Waals surface area contributed by atoms with E-state index in [2.05, 4.69) is 34.2 Å². The monoisotopic (exact) mass is 655 g/mol. The van der Waals surface area contributed by atoms with Gasteiger partial charge in [0.2, 0.25) is 0 Å². The van der Waals surface area contributed by atoms with E-state index < -0.39 is 5.97 Å². The number of aromatic nitrogens is 2. The molecule has 1 N–H and O–H groups in total. The minimum absolute atomic E-state index is 0. The van der Waals surface area contributed by atoms with Crippen molar-refractivity contribution in [2.24, 2.45) is 0 Å². The number of carbonyl (C=O) groups excluding carboxylic acids is 1. The van der Waals surface area contributed by atoms with E-state index in [0.29, 0.717) is 11.1 Å². The fourth-order valence-electron chi connectivity index (χ4n) is 4.57. The first kappa shape index (κ1) is 26.5. The smallest absolute Gasteiger partial charge is 0.336 e. The van der Waals surface area contributed by atoms with Crippen LogP contribution in [0.3, 0.4) is 0 Å². The Morgan fingerprint density at radius 1 is 0.615 bits per heavy atom. The van der Waals surface area contributed by atoms with Crippen molar-refractivity contribution < 1.29 is 57.7 Å². The summed E-state index contributed by atoms with van der Waals surface area (Å²) in [7, 11) is 0. The molecule has 0 aliphatic heterocycles. The predicted molar refractivity (Wildman–Crippen MR) is 148 cm³/mol. The number of fused-ring (bicyclic) bond motifs is 6. The average molecular weight is 655 g/mol. The van der Waals surface area contributed by atoms with E-state index in [4.69, 9.17) is 4.42 Å². The van der Waals surface area contributed by atoms with Gasteiger partial charge in [-0.1, -0.05) is 60.7 Å². The number of nitrogens with zero attached hydrogens (tertiary/aromatic N) is 2. The van der Waals surface area contributed by atoms with Crippen LogP contribution in [0.4, 0.5) is 0 Å². The van der Waals surface area contributed by atoms with Crippen LogP contribution in [0.1, 0.15) is 26.3 Å². The summed E-state index contributed by atoms with van der Waals surface area (Å²) >= 11 is 0. The number of benzene rings is 4. The average Bonchev–Trinajstić information content (AvgIpc) is 3.35. The third-order valence-corrected chi connectivity index (χ3v) is 6.39. The third-order valence-electron chi connectivity index (χ3n) is 6.39. The molecule has 0 spiro atoms. The molecule has 3 aromatic heterocycles. The Bertz CT molecular complexity index is 1940. The van der Waals surface area contributed by atoms with Gasteiger partial charge in [0.1, 0.15) is 11.2 Å². The van der Waals surface area contributed by atoms with Crippen molar-refractivity contribution in [2.75, 3.05) is 0 Å². The van der Waals surface area contributed by atoms with Crippen molar-refractivity contribution >= 4 is 55.5 Å². The number of para-hydroxylation sites is 1. The second-order valence-corrected chi connectivity index (χ2v) is 8.70. The van der Waals surface area contributed by atoms with Crippen molar-refractivity contribution in [3.63, 3.8) is 0 Å². The van der Waals surface area contributed by atoms with Gasteiger partial charge in [0.05, 0.1) is 16.6 Å². The molecule has 6 nitrogen and oxygen atoms in total. The van der Waals surface area contributed by atoms with Crippen LogP contribution in [0.2, 0.25) is 0 Å². The van der Waals surface area contributed by atoms with Crippen molar-refractivity contribution in [1.82, 2.24) is 9.97 Å². The van der Waals surface area contributed by atoms with Crippen molar-refractivity contribution in [3.8, 4) is 0 Å². The molecule has 7 rings (SSSR count). The zero-order chi connectivity index (χ0) is 26.1. The zero-order valence-corrected chi connectivity index (χ0v) is 22.5. The largest absolute Gasteiger partial charge is 0.478 e. The molecule has 3 heterocycles. The molecule has 0 atom stereocenters. The van der Waals surface area contributed by atoms with Crippen LogP contribution in [0.5, 0.6) is 0 Å². The summed E-state index contributed by atoms with van der Waals surface area (Å²) in [5, 5.41) is 13.3. The number of furan rings is 1. The number of hydrogen-bond acceptors (Lipinski definition) is 5. The molecule has 0 saturated carbocycles. The van der Waals surface area contributed by atoms with Gasteiger partial charge in [0.15, 0.2) is 5.78 Å². The molecule has 39 heavy (non-hydrogen) atoms. The Labute approximate surface area is 253 Å². The first-order valence-electron chi connectivity index (χ1n) is 12.0. The number of carboxylic acids is 1. The third kappa shape index (κ3) is 5.15. The number of carboxylic acid groups (broad SMARTS) is 1. The number of pyridine rings is 2. The normalized spacial score (nSPS) is 10.7. The van der Waals surface area contributed by atoms with E-state index in [0.717, 1.165) is 38.2 Å². The van der Waals surface area contributed by atoms with Crippen molar-refractivity contribution in [3.05, 3.63) is 132 Å². The standard InChI is InChI=1S/C20H12O4.C12H8N2.Tb/c21-19(14-6-1-2-7-15(14)20(22)23)12-9-10-18-16(11-12)13-5-3-4-8-17(13)24-18;1-3-9-5-6-10-4-2-8-14-12(10)11(9)13-7-1;/h1-11H,(H,22,23);1-8H;. The quantitative estimate of drug-likeness (QED) is 0.159. The van der Waals surface area contributed by atoms with Crippen LogP contribution in [0, 0.1) is 38.6 Å². The molecule has 0 fully saturated rings. The molecule has 0 aliphatic rings. The minimum atomic E-state index is -1.12. The Kier molecular flexibility index (Phi) is 7.72. The number of carbonyl (C=O) groups is 2. The fraction of sp³-hybridized carbons (Fsp3) is 0. The first-order chi connectivity index (χ1) is 18.6. The van der Waals surface area contributed by atoms with E-state index in [1.165, 1.54) is 12.1 Å². The van der Waals surface area contributed by atoms with E-state index in [1.807, 2.05) is 36.4 Å². The van der Waals surface area contributed by atoms with Crippen molar-refractivity contribution in [2.45, 2.75) is 0 Å². The Morgan fingerprint density at radius 2 is 1.21 bits per heavy atom. The minimum Gasteiger partial charge on any atom is -0.478 e. The predicted octanol–water partition coefficient (Wildman–Crippen LogP) is 7.30. The van der Waals surface area contributed by atoms with E-state index in [-0.39, 0.29) is 55.5 Å². The summed E-state index contributed by atoms with van der Waals surface area (Å²) in [5.74, 6) is -1.44. The summed E-state index contributed by atoms with van der Waals surface area (Å²) in [6.07, 6.45) is 3.60. The first-order valence-corrected chi connectivity index (χ1v) is 12.0. The maximum absolute atomic E-state index is 12.8. The maximum atomic E-state index is 12.8. The molecule has 0 saturated heterocycles. The molecule has 1 radical (unpaired) electrons. The van der Waals surface area contributed by atoms with Crippen LogP contribution < -0.4 is 0 Å². The number of rotatable bonds is 3. The summed E-state index contributed by atoms with van der Waals surface area (Å²) in [4.78, 5) is 32.8. The Morgan fingerprint density at radius 3 is 1.87 bits per heavy atom. The molecule has 4 aromatic carbocycles. The molecular weight excluding hydrogens is 635 g/mol. The van der Waals surface area contributed by atoms with Crippen LogP contribution in [-0.4, -0.2) is 26.8 Å². The Balaban J connectivity index is 0.000000175. The van der Waals surface area contributed by atoms with Crippen LogP contribution in [0.15, 0.2) is 120 Å². The van der Waals surface area contributed by atoms with Gasteiger partial charge < -0.3 is 9.52 Å². The SMILES string of the molecule is O=C(O)c1ccccc1C(=O)c1ccc2oc3ccccc3c2c1.[Tb].c1cnc2c(c1)ccc1cccnc12. The zero-order valence-electron chi connectivity index (χ0n) is 20.4. The Hall–Kier alpha value is -4.07. The van der Waals surface area contributed by atoms with Gasteiger partial charge in [-0.3, -0.25) is 14.8 Å². The van der Waals surface area contributed by atoms with Gasteiger partial charge in [-0.2, -0.15) is 0 Å². The van der Waals surface area contributed by atoms with E-state index in [9.17, 15) is 14.7 Å². The molecule has 191 valence electrons. The molecule has 0 unspecified atom stereocenters. The summed E-state index contributed by atoms with van der Waals surface area (Å²) < 4.78 is 5.75. The summed E-state index contributed by atoms with van der Waals surface area (Å²) in [6, 6.07) is 31.1. The van der Waals surface area contributed by atoms with Gasteiger partial charge in [-0.25, -0.2) is 4.79 Å². The molecule has 7 aromatic rings. The number of aromatic carboxylic acids is 1. The topological polar surface area (TPSA) is 93.3 Å².